The molecule has 0 aromatic rings. The Kier molecular flexibility index (Phi) is 9.71. The third-order valence-electron chi connectivity index (χ3n) is 13.5. The Hall–Kier alpha value is -0.500. The number of rotatable bonds is 9. The molecule has 0 amide bonds. The third kappa shape index (κ3) is 5.73. The smallest absolute Gasteiger partial charge is 0.186 e. The lowest BCUT2D eigenvalue weighted by Gasteiger charge is -2.58. The van der Waals surface area contributed by atoms with E-state index in [1.807, 2.05) is 0 Å². The summed E-state index contributed by atoms with van der Waals surface area (Å²) in [5, 5.41) is 40.4. The monoisotopic (exact) mass is 576 g/mol. The fraction of sp³-hybridized carbons (Fsp3) is 0.943. The van der Waals surface area contributed by atoms with Gasteiger partial charge in [0.05, 0.1) is 12.7 Å². The molecule has 14 atom stereocenters. The van der Waals surface area contributed by atoms with Crippen molar-refractivity contribution in [3.8, 4) is 0 Å². The summed E-state index contributed by atoms with van der Waals surface area (Å²) in [6, 6.07) is 0. The summed E-state index contributed by atoms with van der Waals surface area (Å²) in [6.45, 7) is 14.5. The van der Waals surface area contributed by atoms with Crippen LogP contribution in [0.5, 0.6) is 0 Å². The Morgan fingerprint density at radius 1 is 0.951 bits per heavy atom. The standard InChI is InChI=1S/C35H60O6/c1-7-22(20(2)3)9-8-21(4)26-12-13-27-25-11-10-23-18-24(14-16-34(23,5)28(25)15-17-35(26,27)6)40-33-32(39)31(38)30(37)29(19-36)41-33/h10,20-22,24-33,36-39H,7-9,11-19H2,1-6H3/t21-,22-,24+,25+,26-,27+,28+,29+,30+,31-,32+,33+,34+,35-/m1/s1. The predicted molar refractivity (Wildman–Crippen MR) is 161 cm³/mol. The van der Waals surface area contributed by atoms with E-state index >= 15 is 0 Å². The van der Waals surface area contributed by atoms with Gasteiger partial charge in [-0.1, -0.05) is 66.0 Å². The Balaban J connectivity index is 1.24. The SMILES string of the molecule is CC[C@H](CC[C@@H](C)[C@H]1CC[C@H]2[C@@H]3CC=C4C[C@@H](O[C@H]5O[C@@H](CO)[C@H](O)[C@@H](O)[C@@H]5O)CC[C@]4(C)[C@H]3CC[C@]12C)C(C)C. The molecule has 0 bridgehead atoms. The molecule has 0 spiro atoms. The second-order valence-corrected chi connectivity index (χ2v) is 15.7. The zero-order valence-corrected chi connectivity index (χ0v) is 26.7. The molecule has 4 aliphatic carbocycles. The van der Waals surface area contributed by atoms with E-state index in [2.05, 4.69) is 47.6 Å². The van der Waals surface area contributed by atoms with Crippen LogP contribution in [-0.4, -0.2) is 63.8 Å². The number of fused-ring (bicyclic) bond motifs is 5. The molecule has 0 aromatic carbocycles. The highest BCUT2D eigenvalue weighted by atomic mass is 16.7. The van der Waals surface area contributed by atoms with Crippen LogP contribution in [0.1, 0.15) is 112 Å². The van der Waals surface area contributed by atoms with E-state index in [1.165, 1.54) is 56.9 Å². The largest absolute Gasteiger partial charge is 0.394 e. The van der Waals surface area contributed by atoms with Crippen molar-refractivity contribution in [1.82, 2.24) is 0 Å². The van der Waals surface area contributed by atoms with Gasteiger partial charge in [0.25, 0.3) is 0 Å². The molecule has 1 heterocycles. The quantitative estimate of drug-likeness (QED) is 0.257. The van der Waals surface area contributed by atoms with Crippen molar-refractivity contribution >= 4 is 0 Å². The Morgan fingerprint density at radius 2 is 1.71 bits per heavy atom. The van der Waals surface area contributed by atoms with Gasteiger partial charge < -0.3 is 29.9 Å². The molecule has 41 heavy (non-hydrogen) atoms. The van der Waals surface area contributed by atoms with Gasteiger partial charge in [-0.15, -0.1) is 0 Å². The van der Waals surface area contributed by atoms with Gasteiger partial charge in [0.2, 0.25) is 0 Å². The molecule has 0 unspecified atom stereocenters. The highest BCUT2D eigenvalue weighted by Crippen LogP contribution is 2.67. The van der Waals surface area contributed by atoms with Gasteiger partial charge in [-0.05, 0) is 110 Å². The second kappa shape index (κ2) is 12.5. The molecule has 4 fully saturated rings. The Labute approximate surface area is 249 Å². The van der Waals surface area contributed by atoms with Gasteiger partial charge in [0, 0.05) is 0 Å². The summed E-state index contributed by atoms with van der Waals surface area (Å²) in [7, 11) is 0. The molecule has 6 nitrogen and oxygen atoms in total. The third-order valence-corrected chi connectivity index (χ3v) is 13.5. The summed E-state index contributed by atoms with van der Waals surface area (Å²) in [5.41, 5.74) is 2.19. The Morgan fingerprint density at radius 3 is 2.39 bits per heavy atom. The van der Waals surface area contributed by atoms with Gasteiger partial charge in [-0.2, -0.15) is 0 Å². The first-order valence-electron chi connectivity index (χ1n) is 17.1. The lowest BCUT2D eigenvalue weighted by molar-refractivity contribution is -0.313. The van der Waals surface area contributed by atoms with Crippen molar-refractivity contribution < 1.29 is 29.9 Å². The van der Waals surface area contributed by atoms with E-state index < -0.39 is 37.3 Å². The number of allylic oxidation sites excluding steroid dienone is 1. The van der Waals surface area contributed by atoms with Crippen molar-refractivity contribution in [2.75, 3.05) is 6.61 Å². The lowest BCUT2D eigenvalue weighted by Crippen LogP contribution is -2.60. The van der Waals surface area contributed by atoms with E-state index in [4.69, 9.17) is 9.47 Å². The fourth-order valence-electron chi connectivity index (χ4n) is 10.8. The van der Waals surface area contributed by atoms with Crippen molar-refractivity contribution in [1.29, 1.82) is 0 Å². The van der Waals surface area contributed by atoms with Crippen molar-refractivity contribution in [2.24, 2.45) is 52.3 Å². The van der Waals surface area contributed by atoms with Crippen LogP contribution < -0.4 is 0 Å². The van der Waals surface area contributed by atoms with E-state index in [1.54, 1.807) is 0 Å². The van der Waals surface area contributed by atoms with Gasteiger partial charge >= 0.3 is 0 Å². The zero-order valence-electron chi connectivity index (χ0n) is 26.7. The van der Waals surface area contributed by atoms with Gasteiger partial charge in [0.1, 0.15) is 24.4 Å². The number of ether oxygens (including phenoxy) is 2. The molecular formula is C35H60O6. The fourth-order valence-corrected chi connectivity index (χ4v) is 10.8. The molecule has 0 aromatic heterocycles. The summed E-state index contributed by atoms with van der Waals surface area (Å²) >= 11 is 0. The summed E-state index contributed by atoms with van der Waals surface area (Å²) < 4.78 is 11.9. The molecule has 0 radical (unpaired) electrons. The first-order valence-corrected chi connectivity index (χ1v) is 17.1. The van der Waals surface area contributed by atoms with Crippen LogP contribution in [0.3, 0.4) is 0 Å². The normalized spacial score (nSPS) is 47.7. The number of aliphatic hydroxyl groups is 4. The zero-order chi connectivity index (χ0) is 29.7. The first-order chi connectivity index (χ1) is 19.4. The molecule has 1 saturated heterocycles. The molecule has 3 saturated carbocycles. The molecule has 5 aliphatic rings. The van der Waals surface area contributed by atoms with Crippen molar-refractivity contribution in [3.63, 3.8) is 0 Å². The summed E-state index contributed by atoms with van der Waals surface area (Å²) in [4.78, 5) is 0. The van der Waals surface area contributed by atoms with Crippen LogP contribution >= 0.6 is 0 Å². The Bertz CT molecular complexity index is 918. The maximum atomic E-state index is 10.5. The average molecular weight is 577 g/mol. The van der Waals surface area contributed by atoms with Crippen LogP contribution in [0.4, 0.5) is 0 Å². The van der Waals surface area contributed by atoms with Gasteiger partial charge in [0.15, 0.2) is 6.29 Å². The van der Waals surface area contributed by atoms with Crippen LogP contribution in [0.25, 0.3) is 0 Å². The van der Waals surface area contributed by atoms with Gasteiger partial charge in [-0.3, -0.25) is 0 Å². The topological polar surface area (TPSA) is 99.4 Å². The maximum Gasteiger partial charge on any atom is 0.186 e. The molecule has 1 aliphatic heterocycles. The molecular weight excluding hydrogens is 516 g/mol. The van der Waals surface area contributed by atoms with Crippen LogP contribution in [0.2, 0.25) is 0 Å². The van der Waals surface area contributed by atoms with Crippen LogP contribution in [0.15, 0.2) is 11.6 Å². The highest BCUT2D eigenvalue weighted by molar-refractivity contribution is 5.25. The first kappa shape index (κ1) is 31.9. The van der Waals surface area contributed by atoms with E-state index in [9.17, 15) is 20.4 Å². The van der Waals surface area contributed by atoms with Crippen LogP contribution in [-0.2, 0) is 9.47 Å². The van der Waals surface area contributed by atoms with E-state index in [0.717, 1.165) is 60.7 Å². The minimum absolute atomic E-state index is 0.101. The van der Waals surface area contributed by atoms with E-state index in [-0.39, 0.29) is 11.5 Å². The average Bonchev–Trinajstić information content (AvgIpc) is 3.30. The molecule has 236 valence electrons. The predicted octanol–water partition coefficient (Wildman–Crippen LogP) is 5.85. The van der Waals surface area contributed by atoms with Crippen LogP contribution in [0, 0.1) is 52.3 Å². The summed E-state index contributed by atoms with van der Waals surface area (Å²) in [5.74, 6) is 5.66. The minimum Gasteiger partial charge on any atom is -0.394 e. The summed E-state index contributed by atoms with van der Waals surface area (Å²) in [6.07, 6.45) is 9.92. The number of hydrogen-bond donors (Lipinski definition) is 4. The highest BCUT2D eigenvalue weighted by Gasteiger charge is 2.59. The second-order valence-electron chi connectivity index (χ2n) is 15.7. The van der Waals surface area contributed by atoms with Crippen molar-refractivity contribution in [3.05, 3.63) is 11.6 Å². The van der Waals surface area contributed by atoms with Gasteiger partial charge in [-0.25, -0.2) is 0 Å². The minimum atomic E-state index is -1.40. The molecule has 6 heteroatoms. The van der Waals surface area contributed by atoms with Crippen molar-refractivity contribution in [2.45, 2.75) is 149 Å². The molecule has 4 N–H and O–H groups in total. The maximum absolute atomic E-state index is 10.5. The van der Waals surface area contributed by atoms with E-state index in [0.29, 0.717) is 5.41 Å². The molecule has 5 rings (SSSR count). The lowest BCUT2D eigenvalue weighted by atomic mass is 9.47. The number of hydrogen-bond acceptors (Lipinski definition) is 6. The number of aliphatic hydroxyl groups excluding tert-OH is 4.